The Bertz CT molecular complexity index is 972. The van der Waals surface area contributed by atoms with Crippen LogP contribution in [0, 0.1) is 11.6 Å². The second-order valence-corrected chi connectivity index (χ2v) is 5.94. The zero-order valence-corrected chi connectivity index (χ0v) is 14.3. The van der Waals surface area contributed by atoms with Crippen LogP contribution in [0.25, 0.3) is 11.5 Å². The lowest BCUT2D eigenvalue weighted by Crippen LogP contribution is -2.24. The highest BCUT2D eigenvalue weighted by Gasteiger charge is 2.18. The van der Waals surface area contributed by atoms with E-state index in [1.54, 1.807) is 0 Å². The molecule has 0 spiro atoms. The number of aromatic nitrogens is 2. The van der Waals surface area contributed by atoms with E-state index in [0.29, 0.717) is 11.6 Å². The Hall–Kier alpha value is -2.71. The fraction of sp³-hybridized carbons (Fsp3) is 0.0625. The van der Waals surface area contributed by atoms with Gasteiger partial charge in [-0.25, -0.2) is 8.78 Å². The zero-order valence-electron chi connectivity index (χ0n) is 12.8. The minimum Gasteiger partial charge on any atom is -0.505 e. The molecule has 134 valence electrons. The van der Waals surface area contributed by atoms with E-state index in [1.165, 1.54) is 18.2 Å². The Kier molecular flexibility index (Phi) is 5.06. The molecular weight excluding hydrogens is 391 g/mol. The van der Waals surface area contributed by atoms with Crippen LogP contribution in [0.5, 0.6) is 5.75 Å². The molecule has 3 rings (SSSR count). The average molecular weight is 400 g/mol. The number of rotatable bonds is 4. The average Bonchev–Trinajstić information content (AvgIpc) is 3.08. The van der Waals surface area contributed by atoms with Crippen LogP contribution >= 0.6 is 23.2 Å². The first-order chi connectivity index (χ1) is 12.3. The lowest BCUT2D eigenvalue weighted by atomic mass is 10.2. The summed E-state index contributed by atoms with van der Waals surface area (Å²) in [4.78, 5) is 15.9. The Labute approximate surface area is 155 Å². The number of carbonyl (C=O) groups is 1. The molecule has 1 aromatic heterocycles. The predicted molar refractivity (Wildman–Crippen MR) is 88.9 cm³/mol. The summed E-state index contributed by atoms with van der Waals surface area (Å²) in [5.41, 5.74) is 0.398. The SMILES string of the molecule is O=C(NCc1ccc(F)cc1F)c1noc(-c2cc(Cl)c(O)c(Cl)c2)n1. The molecule has 0 saturated heterocycles. The molecular formula is C16H9Cl2F2N3O3. The molecule has 2 N–H and O–H groups in total. The van der Waals surface area contributed by atoms with E-state index in [1.807, 2.05) is 0 Å². The standard InChI is InChI=1S/C16H9Cl2F2N3O3/c17-10-3-8(4-11(18)13(10)24)16-22-14(23-26-16)15(25)21-6-7-1-2-9(19)5-12(7)20/h1-5,24H,6H2,(H,21,25). The van der Waals surface area contributed by atoms with E-state index in [9.17, 15) is 18.7 Å². The summed E-state index contributed by atoms with van der Waals surface area (Å²) in [7, 11) is 0. The van der Waals surface area contributed by atoms with Crippen LogP contribution in [0.15, 0.2) is 34.9 Å². The monoisotopic (exact) mass is 399 g/mol. The van der Waals surface area contributed by atoms with Crippen molar-refractivity contribution in [2.24, 2.45) is 0 Å². The third-order valence-corrected chi connectivity index (χ3v) is 3.92. The van der Waals surface area contributed by atoms with Gasteiger partial charge in [0, 0.05) is 23.7 Å². The fourth-order valence-electron chi connectivity index (χ4n) is 2.04. The summed E-state index contributed by atoms with van der Waals surface area (Å²) < 4.78 is 31.4. The molecule has 0 fully saturated rings. The first kappa shape index (κ1) is 18.1. The Morgan fingerprint density at radius 1 is 1.19 bits per heavy atom. The summed E-state index contributed by atoms with van der Waals surface area (Å²) in [5.74, 6) is -2.87. The number of nitrogens with one attached hydrogen (secondary N) is 1. The number of amides is 1. The van der Waals surface area contributed by atoms with E-state index >= 15 is 0 Å². The molecule has 0 aliphatic rings. The van der Waals surface area contributed by atoms with Gasteiger partial charge in [0.05, 0.1) is 10.0 Å². The van der Waals surface area contributed by atoms with E-state index in [4.69, 9.17) is 27.7 Å². The van der Waals surface area contributed by atoms with Crippen molar-refractivity contribution in [3.63, 3.8) is 0 Å². The maximum absolute atomic E-state index is 13.6. The second kappa shape index (κ2) is 7.27. The molecule has 0 unspecified atom stereocenters. The van der Waals surface area contributed by atoms with E-state index in [2.05, 4.69) is 15.5 Å². The molecule has 1 amide bonds. The van der Waals surface area contributed by atoms with E-state index in [-0.39, 0.29) is 39.6 Å². The highest BCUT2D eigenvalue weighted by atomic mass is 35.5. The van der Waals surface area contributed by atoms with E-state index in [0.717, 1.165) is 6.07 Å². The molecule has 0 saturated carbocycles. The van der Waals surface area contributed by atoms with Crippen LogP contribution in [0.1, 0.15) is 16.2 Å². The fourth-order valence-corrected chi connectivity index (χ4v) is 2.53. The van der Waals surface area contributed by atoms with Crippen LogP contribution in [0.2, 0.25) is 10.0 Å². The van der Waals surface area contributed by atoms with Crippen molar-refractivity contribution in [2.75, 3.05) is 0 Å². The van der Waals surface area contributed by atoms with Crippen LogP contribution in [0.4, 0.5) is 8.78 Å². The molecule has 0 aliphatic heterocycles. The highest BCUT2D eigenvalue weighted by Crippen LogP contribution is 2.35. The first-order valence-corrected chi connectivity index (χ1v) is 7.85. The number of carbonyl (C=O) groups excluding carboxylic acids is 1. The maximum Gasteiger partial charge on any atom is 0.292 e. The largest absolute Gasteiger partial charge is 0.505 e. The van der Waals surface area contributed by atoms with Gasteiger partial charge < -0.3 is 14.9 Å². The number of halogens is 4. The number of aromatic hydroxyl groups is 1. The minimum atomic E-state index is -0.785. The van der Waals surface area contributed by atoms with Gasteiger partial charge in [0.15, 0.2) is 5.75 Å². The summed E-state index contributed by atoms with van der Waals surface area (Å²) >= 11 is 11.6. The molecule has 0 radical (unpaired) electrons. The van der Waals surface area contributed by atoms with Crippen LogP contribution in [0.3, 0.4) is 0 Å². The van der Waals surface area contributed by atoms with Gasteiger partial charge >= 0.3 is 0 Å². The smallest absolute Gasteiger partial charge is 0.292 e. The van der Waals surface area contributed by atoms with Gasteiger partial charge in [0.25, 0.3) is 17.6 Å². The third-order valence-electron chi connectivity index (χ3n) is 3.35. The molecule has 6 nitrogen and oxygen atoms in total. The van der Waals surface area contributed by atoms with Crippen molar-refractivity contribution >= 4 is 29.1 Å². The number of phenols is 1. The number of nitrogens with zero attached hydrogens (tertiary/aromatic N) is 2. The summed E-state index contributed by atoms with van der Waals surface area (Å²) in [6, 6.07) is 5.69. The van der Waals surface area contributed by atoms with Gasteiger partial charge in [-0.15, -0.1) is 0 Å². The Morgan fingerprint density at radius 2 is 1.88 bits per heavy atom. The van der Waals surface area contributed by atoms with Crippen molar-refractivity contribution in [1.82, 2.24) is 15.5 Å². The topological polar surface area (TPSA) is 88.2 Å². The molecule has 10 heteroatoms. The van der Waals surface area contributed by atoms with Gasteiger partial charge in [0.1, 0.15) is 11.6 Å². The molecule has 1 heterocycles. The Morgan fingerprint density at radius 3 is 2.54 bits per heavy atom. The van der Waals surface area contributed by atoms with Crippen molar-refractivity contribution in [2.45, 2.75) is 6.54 Å². The molecule has 2 aromatic carbocycles. The number of hydrogen-bond donors (Lipinski definition) is 2. The zero-order chi connectivity index (χ0) is 18.8. The molecule has 0 aliphatic carbocycles. The first-order valence-electron chi connectivity index (χ1n) is 7.09. The maximum atomic E-state index is 13.6. The lowest BCUT2D eigenvalue weighted by molar-refractivity contribution is 0.0937. The normalized spacial score (nSPS) is 10.8. The molecule has 0 bridgehead atoms. The summed E-state index contributed by atoms with van der Waals surface area (Å²) in [6.45, 7) is -0.189. The van der Waals surface area contributed by atoms with Crippen LogP contribution < -0.4 is 5.32 Å². The predicted octanol–water partition coefficient (Wildman–Crippen LogP) is 3.96. The van der Waals surface area contributed by atoms with Crippen LogP contribution in [-0.4, -0.2) is 21.2 Å². The molecule has 26 heavy (non-hydrogen) atoms. The molecule has 3 aromatic rings. The lowest BCUT2D eigenvalue weighted by Gasteiger charge is -2.04. The number of hydrogen-bond acceptors (Lipinski definition) is 5. The molecule has 0 atom stereocenters. The summed E-state index contributed by atoms with van der Waals surface area (Å²) in [5, 5.41) is 15.4. The second-order valence-electron chi connectivity index (χ2n) is 5.13. The van der Waals surface area contributed by atoms with Crippen LogP contribution in [-0.2, 0) is 6.54 Å². The van der Waals surface area contributed by atoms with Crippen molar-refractivity contribution in [1.29, 1.82) is 0 Å². The van der Waals surface area contributed by atoms with E-state index < -0.39 is 17.5 Å². The Balaban J connectivity index is 1.74. The highest BCUT2D eigenvalue weighted by molar-refractivity contribution is 6.37. The van der Waals surface area contributed by atoms with Crippen molar-refractivity contribution in [3.05, 3.63) is 63.4 Å². The van der Waals surface area contributed by atoms with Crippen molar-refractivity contribution < 1.29 is 23.2 Å². The number of benzene rings is 2. The quantitative estimate of drug-likeness (QED) is 0.692. The van der Waals surface area contributed by atoms with Gasteiger partial charge in [0.2, 0.25) is 0 Å². The van der Waals surface area contributed by atoms with Gasteiger partial charge in [-0.2, -0.15) is 4.98 Å². The van der Waals surface area contributed by atoms with Crippen molar-refractivity contribution in [3.8, 4) is 17.2 Å². The van der Waals surface area contributed by atoms with Gasteiger partial charge in [-0.3, -0.25) is 4.79 Å². The minimum absolute atomic E-state index is 0.0245. The van der Waals surface area contributed by atoms with Gasteiger partial charge in [-0.05, 0) is 18.2 Å². The third kappa shape index (κ3) is 3.76. The number of phenolic OH excluding ortho intramolecular Hbond substituents is 1. The van der Waals surface area contributed by atoms with Gasteiger partial charge in [-0.1, -0.05) is 34.4 Å². The summed E-state index contributed by atoms with van der Waals surface area (Å²) in [6.07, 6.45) is 0.